The molecular formula is C20H19FN2O2S. The molecule has 0 atom stereocenters. The summed E-state index contributed by atoms with van der Waals surface area (Å²) in [6.45, 7) is 2.02. The van der Waals surface area contributed by atoms with Gasteiger partial charge < -0.3 is 0 Å². The number of aromatic amines is 1. The predicted octanol–water partition coefficient (Wildman–Crippen LogP) is 4.01. The molecule has 134 valence electrons. The van der Waals surface area contributed by atoms with E-state index in [1.807, 2.05) is 19.1 Å². The minimum absolute atomic E-state index is 0.129. The molecule has 1 N–H and O–H groups in total. The zero-order valence-corrected chi connectivity index (χ0v) is 15.4. The van der Waals surface area contributed by atoms with Gasteiger partial charge in [-0.25, -0.2) is 12.8 Å². The van der Waals surface area contributed by atoms with Crippen LogP contribution in [0.25, 0.3) is 11.3 Å². The van der Waals surface area contributed by atoms with Crippen molar-refractivity contribution in [3.63, 3.8) is 0 Å². The lowest BCUT2D eigenvalue weighted by molar-refractivity contribution is 0.602. The molecule has 1 aliphatic rings. The van der Waals surface area contributed by atoms with Gasteiger partial charge in [0.2, 0.25) is 0 Å². The second kappa shape index (κ2) is 5.77. The highest BCUT2D eigenvalue weighted by molar-refractivity contribution is 7.90. The van der Waals surface area contributed by atoms with Crippen LogP contribution < -0.4 is 0 Å². The van der Waals surface area contributed by atoms with Crippen LogP contribution >= 0.6 is 0 Å². The molecule has 1 aliphatic carbocycles. The maximum Gasteiger partial charge on any atom is 0.175 e. The van der Waals surface area contributed by atoms with E-state index in [9.17, 15) is 12.8 Å². The van der Waals surface area contributed by atoms with Crippen molar-refractivity contribution in [1.82, 2.24) is 10.2 Å². The molecule has 6 heteroatoms. The average Bonchev–Trinajstić information content (AvgIpc) is 3.31. The number of hydrogen-bond donors (Lipinski definition) is 1. The van der Waals surface area contributed by atoms with Crippen LogP contribution in [0.2, 0.25) is 0 Å². The summed E-state index contributed by atoms with van der Waals surface area (Å²) in [5.74, 6) is -0.238. The van der Waals surface area contributed by atoms with Gasteiger partial charge in [0.1, 0.15) is 5.82 Å². The number of hydrogen-bond acceptors (Lipinski definition) is 3. The number of halogens is 1. The average molecular weight is 370 g/mol. The lowest BCUT2D eigenvalue weighted by Crippen LogP contribution is -2.10. The monoisotopic (exact) mass is 370 g/mol. The van der Waals surface area contributed by atoms with Gasteiger partial charge in [-0.05, 0) is 55.2 Å². The number of nitrogens with zero attached hydrogens (tertiary/aromatic N) is 1. The van der Waals surface area contributed by atoms with E-state index in [1.54, 1.807) is 24.3 Å². The summed E-state index contributed by atoms with van der Waals surface area (Å²) >= 11 is 0. The molecule has 0 radical (unpaired) electrons. The molecule has 0 saturated heterocycles. The number of sulfone groups is 1. The van der Waals surface area contributed by atoms with Crippen LogP contribution in [0, 0.1) is 12.7 Å². The van der Waals surface area contributed by atoms with Crippen LogP contribution in [0.1, 0.15) is 29.7 Å². The fraction of sp³-hybridized carbons (Fsp3) is 0.250. The molecule has 0 amide bonds. The summed E-state index contributed by atoms with van der Waals surface area (Å²) in [7, 11) is -3.22. The van der Waals surface area contributed by atoms with E-state index in [2.05, 4.69) is 10.2 Å². The van der Waals surface area contributed by atoms with Crippen molar-refractivity contribution in [2.75, 3.05) is 6.26 Å². The van der Waals surface area contributed by atoms with Crippen LogP contribution in [0.15, 0.2) is 53.4 Å². The second-order valence-electron chi connectivity index (χ2n) is 6.96. The third-order valence-corrected chi connectivity index (χ3v) is 6.32. The molecule has 2 aromatic carbocycles. The van der Waals surface area contributed by atoms with E-state index < -0.39 is 9.84 Å². The maximum absolute atomic E-state index is 13.3. The van der Waals surface area contributed by atoms with E-state index in [-0.39, 0.29) is 11.2 Å². The topological polar surface area (TPSA) is 62.8 Å². The van der Waals surface area contributed by atoms with Gasteiger partial charge in [-0.3, -0.25) is 5.10 Å². The first-order valence-corrected chi connectivity index (χ1v) is 10.3. The smallest absolute Gasteiger partial charge is 0.175 e. The van der Waals surface area contributed by atoms with Crippen molar-refractivity contribution in [3.8, 4) is 11.3 Å². The summed E-state index contributed by atoms with van der Waals surface area (Å²) in [6, 6.07) is 13.4. The molecule has 3 aromatic rings. The number of nitrogens with one attached hydrogen (secondary N) is 1. The molecule has 0 spiro atoms. The minimum Gasteiger partial charge on any atom is -0.281 e. The van der Waals surface area contributed by atoms with Crippen molar-refractivity contribution >= 4 is 9.84 Å². The van der Waals surface area contributed by atoms with Crippen molar-refractivity contribution in [2.24, 2.45) is 0 Å². The molecule has 1 heterocycles. The highest BCUT2D eigenvalue weighted by atomic mass is 32.2. The van der Waals surface area contributed by atoms with Crippen LogP contribution in [0.4, 0.5) is 4.39 Å². The predicted molar refractivity (Wildman–Crippen MR) is 98.3 cm³/mol. The fourth-order valence-corrected chi connectivity index (χ4v) is 4.21. The van der Waals surface area contributed by atoms with Crippen LogP contribution in [-0.4, -0.2) is 24.9 Å². The summed E-state index contributed by atoms with van der Waals surface area (Å²) in [5.41, 5.74) is 4.73. The molecule has 4 rings (SSSR count). The minimum atomic E-state index is -3.22. The molecular weight excluding hydrogens is 351 g/mol. The van der Waals surface area contributed by atoms with Crippen LogP contribution in [-0.2, 0) is 15.3 Å². The summed E-state index contributed by atoms with van der Waals surface area (Å²) < 4.78 is 36.5. The highest BCUT2D eigenvalue weighted by Gasteiger charge is 2.48. The Kier molecular flexibility index (Phi) is 3.77. The van der Waals surface area contributed by atoms with Crippen molar-refractivity contribution < 1.29 is 12.8 Å². The van der Waals surface area contributed by atoms with E-state index >= 15 is 0 Å². The van der Waals surface area contributed by atoms with Crippen molar-refractivity contribution in [2.45, 2.75) is 30.1 Å². The molecule has 0 aliphatic heterocycles. The normalized spacial score (nSPS) is 15.8. The van der Waals surface area contributed by atoms with Gasteiger partial charge in [-0.15, -0.1) is 0 Å². The molecule has 0 unspecified atom stereocenters. The Bertz CT molecular complexity index is 1060. The van der Waals surface area contributed by atoms with Gasteiger partial charge in [0, 0.05) is 22.9 Å². The first kappa shape index (κ1) is 17.0. The van der Waals surface area contributed by atoms with E-state index in [1.165, 1.54) is 18.4 Å². The summed E-state index contributed by atoms with van der Waals surface area (Å²) in [6.07, 6.45) is 3.18. The largest absolute Gasteiger partial charge is 0.281 e. The molecule has 26 heavy (non-hydrogen) atoms. The van der Waals surface area contributed by atoms with E-state index in [0.717, 1.165) is 40.9 Å². The lowest BCUT2D eigenvalue weighted by Gasteiger charge is -2.15. The van der Waals surface area contributed by atoms with E-state index in [4.69, 9.17) is 0 Å². The Morgan fingerprint density at radius 2 is 1.65 bits per heavy atom. The van der Waals surface area contributed by atoms with Gasteiger partial charge in [0.05, 0.1) is 10.6 Å². The van der Waals surface area contributed by atoms with Gasteiger partial charge in [-0.1, -0.05) is 24.3 Å². The zero-order valence-electron chi connectivity index (χ0n) is 14.6. The Hall–Kier alpha value is -2.47. The van der Waals surface area contributed by atoms with Gasteiger partial charge >= 0.3 is 0 Å². The SMILES string of the molecule is Cc1c(-c2ccc(S(C)(=O)=O)cc2)n[nH]c1C1(c2ccc(F)cc2)CC1. The number of benzene rings is 2. The lowest BCUT2D eigenvalue weighted by atomic mass is 9.89. The first-order chi connectivity index (χ1) is 12.3. The standard InChI is InChI=1S/C20H19FN2O2S/c1-13-18(14-3-9-17(10-4-14)26(2,24)25)22-23-19(13)20(11-12-20)15-5-7-16(21)8-6-15/h3-10H,11-12H2,1-2H3,(H,22,23). The Morgan fingerprint density at radius 3 is 2.19 bits per heavy atom. The van der Waals surface area contributed by atoms with Gasteiger partial charge in [0.25, 0.3) is 0 Å². The third-order valence-electron chi connectivity index (χ3n) is 5.19. The quantitative estimate of drug-likeness (QED) is 0.755. The van der Waals surface area contributed by atoms with Crippen LogP contribution in [0.3, 0.4) is 0 Å². The number of aromatic nitrogens is 2. The molecule has 0 bridgehead atoms. The molecule has 1 fully saturated rings. The number of rotatable bonds is 4. The van der Waals surface area contributed by atoms with Crippen molar-refractivity contribution in [1.29, 1.82) is 0 Å². The summed E-state index contributed by atoms with van der Waals surface area (Å²) in [5, 5.41) is 7.65. The maximum atomic E-state index is 13.3. The molecule has 4 nitrogen and oxygen atoms in total. The Labute approximate surface area is 152 Å². The van der Waals surface area contributed by atoms with Gasteiger partial charge in [0.15, 0.2) is 9.84 Å². The molecule has 1 saturated carbocycles. The van der Waals surface area contributed by atoms with Crippen LogP contribution in [0.5, 0.6) is 0 Å². The number of H-pyrrole nitrogens is 1. The third kappa shape index (κ3) is 2.74. The summed E-state index contributed by atoms with van der Waals surface area (Å²) in [4.78, 5) is 0.291. The van der Waals surface area contributed by atoms with Gasteiger partial charge in [-0.2, -0.15) is 5.10 Å². The van der Waals surface area contributed by atoms with E-state index in [0.29, 0.717) is 4.90 Å². The highest BCUT2D eigenvalue weighted by Crippen LogP contribution is 2.54. The second-order valence-corrected chi connectivity index (χ2v) is 8.97. The molecule has 1 aromatic heterocycles. The fourth-order valence-electron chi connectivity index (χ4n) is 3.58. The Morgan fingerprint density at radius 1 is 1.04 bits per heavy atom. The zero-order chi connectivity index (χ0) is 18.5. The first-order valence-electron chi connectivity index (χ1n) is 8.43. The Balaban J connectivity index is 1.72. The van der Waals surface area contributed by atoms with Crippen molar-refractivity contribution in [3.05, 3.63) is 71.2 Å².